The molecule has 5 rings (SSSR count). The molecule has 4 heterocycles. The van der Waals surface area contributed by atoms with Crippen molar-refractivity contribution in [3.8, 4) is 5.75 Å². The second kappa shape index (κ2) is 8.55. The lowest BCUT2D eigenvalue weighted by atomic mass is 9.92. The van der Waals surface area contributed by atoms with E-state index in [4.69, 9.17) is 9.15 Å². The molecule has 2 fully saturated rings. The van der Waals surface area contributed by atoms with Gasteiger partial charge in [-0.25, -0.2) is 4.52 Å². The molecule has 0 amide bonds. The monoisotopic (exact) mass is 517 g/mol. The average Bonchev–Trinajstić information content (AvgIpc) is 3.46. The molecule has 1 N–H and O–H groups in total. The number of aromatic nitrogens is 5. The lowest BCUT2D eigenvalue weighted by Crippen LogP contribution is -2.48. The molecule has 0 radical (unpaired) electrons. The third kappa shape index (κ3) is 4.41. The largest absolute Gasteiger partial charge is 0.473 e. The summed E-state index contributed by atoms with van der Waals surface area (Å²) in [5.74, 6) is -0.0151. The summed E-state index contributed by atoms with van der Waals surface area (Å²) in [7, 11) is 0. The standard InChI is InChI=1S/C21H21F6N7O2/c1-3-15(21(25,26)27)36-13-6-7-14(20(22,23)24)34-17(13)29-18(32-34)28-16-11-4-5-12(16)9-33(8-11)19-31-30-10(2)35-19/h3,6-7,11-12,15-16H,1,4-5,8-9H2,2H3,(H,28,32)/t11-,12+,15-,16-/m0/s1. The first-order valence-electron chi connectivity index (χ1n) is 11.1. The Bertz CT molecular complexity index is 1260. The first-order chi connectivity index (χ1) is 16.9. The van der Waals surface area contributed by atoms with Gasteiger partial charge >= 0.3 is 18.4 Å². The molecule has 3 aromatic heterocycles. The van der Waals surface area contributed by atoms with Crippen LogP contribution in [-0.2, 0) is 6.18 Å². The lowest BCUT2D eigenvalue weighted by Gasteiger charge is -2.37. The highest BCUT2D eigenvalue weighted by Crippen LogP contribution is 2.40. The minimum Gasteiger partial charge on any atom is -0.473 e. The van der Waals surface area contributed by atoms with Crippen molar-refractivity contribution in [2.24, 2.45) is 11.8 Å². The topological polar surface area (TPSA) is 93.6 Å². The van der Waals surface area contributed by atoms with Gasteiger partial charge in [0.1, 0.15) is 5.69 Å². The predicted octanol–water partition coefficient (Wildman–Crippen LogP) is 4.26. The zero-order valence-corrected chi connectivity index (χ0v) is 18.8. The van der Waals surface area contributed by atoms with Crippen LogP contribution in [0.2, 0.25) is 0 Å². The minimum atomic E-state index is -4.82. The number of nitrogens with one attached hydrogen (secondary N) is 1. The van der Waals surface area contributed by atoms with E-state index in [2.05, 4.69) is 32.2 Å². The van der Waals surface area contributed by atoms with E-state index in [-0.39, 0.29) is 23.8 Å². The van der Waals surface area contributed by atoms with Crippen LogP contribution in [0.3, 0.4) is 0 Å². The van der Waals surface area contributed by atoms with E-state index in [9.17, 15) is 26.3 Å². The van der Waals surface area contributed by atoms with Gasteiger partial charge in [0.15, 0.2) is 11.4 Å². The number of rotatable bonds is 6. The van der Waals surface area contributed by atoms with Crippen LogP contribution in [0.4, 0.5) is 38.3 Å². The summed E-state index contributed by atoms with van der Waals surface area (Å²) >= 11 is 0. The van der Waals surface area contributed by atoms with E-state index >= 15 is 0 Å². The van der Waals surface area contributed by atoms with E-state index in [1.807, 2.05) is 4.90 Å². The number of ether oxygens (including phenoxy) is 1. The molecule has 1 aliphatic heterocycles. The van der Waals surface area contributed by atoms with Gasteiger partial charge in [0.25, 0.3) is 0 Å². The molecule has 2 aliphatic rings. The lowest BCUT2D eigenvalue weighted by molar-refractivity contribution is -0.179. The van der Waals surface area contributed by atoms with Crippen LogP contribution in [0.5, 0.6) is 5.75 Å². The van der Waals surface area contributed by atoms with Crippen molar-refractivity contribution in [1.82, 2.24) is 24.8 Å². The Labute approximate surface area is 200 Å². The van der Waals surface area contributed by atoms with Gasteiger partial charge in [-0.1, -0.05) is 11.7 Å². The third-order valence-electron chi connectivity index (χ3n) is 6.44. The van der Waals surface area contributed by atoms with Crippen molar-refractivity contribution in [1.29, 1.82) is 0 Å². The molecule has 9 nitrogen and oxygen atoms in total. The van der Waals surface area contributed by atoms with Crippen LogP contribution in [0.15, 0.2) is 29.2 Å². The normalized spacial score (nSPS) is 23.2. The van der Waals surface area contributed by atoms with Crippen molar-refractivity contribution < 1.29 is 35.5 Å². The number of halogens is 6. The van der Waals surface area contributed by atoms with E-state index in [0.29, 0.717) is 41.7 Å². The zero-order valence-electron chi connectivity index (χ0n) is 18.8. The fraction of sp³-hybridized carbons (Fsp3) is 0.524. The van der Waals surface area contributed by atoms with Crippen LogP contribution in [0.25, 0.3) is 5.65 Å². The summed E-state index contributed by atoms with van der Waals surface area (Å²) in [4.78, 5) is 6.06. The molecule has 36 heavy (non-hydrogen) atoms. The Morgan fingerprint density at radius 2 is 1.83 bits per heavy atom. The number of alkyl halides is 6. The molecule has 1 saturated carbocycles. The van der Waals surface area contributed by atoms with Crippen LogP contribution in [0.1, 0.15) is 24.4 Å². The Kier molecular flexibility index (Phi) is 5.75. The number of aryl methyl sites for hydroxylation is 1. The van der Waals surface area contributed by atoms with Gasteiger partial charge in [-0.2, -0.15) is 31.3 Å². The van der Waals surface area contributed by atoms with Crippen LogP contribution in [0, 0.1) is 18.8 Å². The fourth-order valence-corrected chi connectivity index (χ4v) is 4.87. The van der Waals surface area contributed by atoms with Crippen molar-refractivity contribution in [3.63, 3.8) is 0 Å². The first kappa shape index (κ1) is 24.2. The molecule has 15 heteroatoms. The van der Waals surface area contributed by atoms with Crippen molar-refractivity contribution in [3.05, 3.63) is 36.4 Å². The zero-order chi connectivity index (χ0) is 25.8. The van der Waals surface area contributed by atoms with Crippen molar-refractivity contribution >= 4 is 17.6 Å². The summed E-state index contributed by atoms with van der Waals surface area (Å²) < 4.78 is 91.3. The third-order valence-corrected chi connectivity index (χ3v) is 6.44. The summed E-state index contributed by atoms with van der Waals surface area (Å²) in [6.07, 6.45) is -9.84. The summed E-state index contributed by atoms with van der Waals surface area (Å²) in [5.41, 5.74) is -1.69. The molecule has 4 atom stereocenters. The highest BCUT2D eigenvalue weighted by atomic mass is 19.4. The van der Waals surface area contributed by atoms with Crippen molar-refractivity contribution in [2.45, 2.75) is 44.3 Å². The maximum absolute atomic E-state index is 13.6. The SMILES string of the molecule is C=C[C@H](Oc1ccc(C(F)(F)F)n2nc(N[C@@H]3[C@@H]4CC[C@H]3CN(c3nnc(C)o3)C4)nc12)C(F)(F)F. The van der Waals surface area contributed by atoms with E-state index < -0.39 is 35.5 Å². The van der Waals surface area contributed by atoms with Gasteiger partial charge in [0.2, 0.25) is 17.9 Å². The molecule has 1 aliphatic carbocycles. The summed E-state index contributed by atoms with van der Waals surface area (Å²) in [6.45, 7) is 5.95. The number of hydrogen-bond donors (Lipinski definition) is 1. The number of nitrogens with zero attached hydrogens (tertiary/aromatic N) is 6. The van der Waals surface area contributed by atoms with Gasteiger partial charge in [0.05, 0.1) is 0 Å². The van der Waals surface area contributed by atoms with Gasteiger partial charge in [-0.05, 0) is 42.9 Å². The summed E-state index contributed by atoms with van der Waals surface area (Å²) in [5, 5.41) is 14.9. The van der Waals surface area contributed by atoms with E-state index in [1.165, 1.54) is 0 Å². The van der Waals surface area contributed by atoms with Crippen molar-refractivity contribution in [2.75, 3.05) is 23.3 Å². The minimum absolute atomic E-state index is 0.0933. The second-order valence-electron chi connectivity index (χ2n) is 8.84. The number of fused-ring (bicyclic) bond motifs is 3. The van der Waals surface area contributed by atoms with Gasteiger partial charge in [-0.3, -0.25) is 0 Å². The van der Waals surface area contributed by atoms with Gasteiger partial charge in [0, 0.05) is 26.1 Å². The molecule has 2 bridgehead atoms. The highest BCUT2D eigenvalue weighted by molar-refractivity contribution is 5.57. The van der Waals surface area contributed by atoms with Gasteiger partial charge < -0.3 is 19.4 Å². The first-order valence-corrected chi connectivity index (χ1v) is 11.1. The maximum Gasteiger partial charge on any atom is 0.433 e. The molecule has 3 aromatic rings. The number of anilines is 2. The average molecular weight is 517 g/mol. The Morgan fingerprint density at radius 1 is 1.14 bits per heavy atom. The van der Waals surface area contributed by atoms with Crippen LogP contribution < -0.4 is 15.0 Å². The molecule has 0 unspecified atom stereocenters. The predicted molar refractivity (Wildman–Crippen MR) is 114 cm³/mol. The number of pyridine rings is 1. The molecule has 0 aromatic carbocycles. The molecule has 1 saturated heterocycles. The quantitative estimate of drug-likeness (QED) is 0.383. The maximum atomic E-state index is 13.6. The van der Waals surface area contributed by atoms with Crippen LogP contribution in [-0.4, -0.2) is 56.2 Å². The number of piperidine rings is 1. The smallest absolute Gasteiger partial charge is 0.433 e. The second-order valence-corrected chi connectivity index (χ2v) is 8.84. The molecular formula is C21H21F6N7O2. The van der Waals surface area contributed by atoms with Gasteiger partial charge in [-0.15, -0.1) is 10.2 Å². The summed E-state index contributed by atoms with van der Waals surface area (Å²) in [6, 6.07) is 1.66. The van der Waals surface area contributed by atoms with Crippen LogP contribution >= 0.6 is 0 Å². The Morgan fingerprint density at radius 3 is 2.39 bits per heavy atom. The van der Waals surface area contributed by atoms with E-state index in [0.717, 1.165) is 18.9 Å². The molecule has 0 spiro atoms. The Balaban J connectivity index is 1.43. The number of hydrogen-bond acceptors (Lipinski definition) is 8. The fourth-order valence-electron chi connectivity index (χ4n) is 4.87. The molecule has 194 valence electrons. The Hall–Kier alpha value is -3.52. The molecular weight excluding hydrogens is 496 g/mol. The highest BCUT2D eigenvalue weighted by Gasteiger charge is 2.44. The van der Waals surface area contributed by atoms with E-state index in [1.54, 1.807) is 6.92 Å².